The van der Waals surface area contributed by atoms with E-state index in [1.54, 1.807) is 27.8 Å². The lowest BCUT2D eigenvalue weighted by Gasteiger charge is -2.28. The molecule has 1 atom stereocenters. The average molecular weight is 414 g/mol. The van der Waals surface area contributed by atoms with Gasteiger partial charge in [-0.2, -0.15) is 4.31 Å². The summed E-state index contributed by atoms with van der Waals surface area (Å²) in [6.07, 6.45) is 0.648. The van der Waals surface area contributed by atoms with E-state index < -0.39 is 10.0 Å². The third-order valence-electron chi connectivity index (χ3n) is 4.62. The van der Waals surface area contributed by atoms with Crippen molar-refractivity contribution in [1.82, 2.24) is 4.31 Å². The van der Waals surface area contributed by atoms with E-state index in [0.717, 1.165) is 10.4 Å². The number of Topliss-reactive ketones (excluding diaryl/α,β-unsaturated/α-hetero) is 1. The number of carbonyl (C=O) groups excluding carboxylic acids is 1. The van der Waals surface area contributed by atoms with E-state index in [-0.39, 0.29) is 16.7 Å². The van der Waals surface area contributed by atoms with Crippen LogP contribution in [0.25, 0.3) is 0 Å². The van der Waals surface area contributed by atoms with Gasteiger partial charge in [0.2, 0.25) is 10.0 Å². The molecule has 6 heteroatoms. The highest BCUT2D eigenvalue weighted by Gasteiger charge is 2.29. The van der Waals surface area contributed by atoms with Gasteiger partial charge in [-0.25, -0.2) is 8.42 Å². The first-order valence-electron chi connectivity index (χ1n) is 9.07. The van der Waals surface area contributed by atoms with Gasteiger partial charge in [0, 0.05) is 23.0 Å². The van der Waals surface area contributed by atoms with Crippen LogP contribution in [-0.2, 0) is 23.0 Å². The molecule has 0 saturated heterocycles. The molecule has 3 rings (SSSR count). The molecule has 0 radical (unpaired) electrons. The summed E-state index contributed by atoms with van der Waals surface area (Å²) in [5, 5.41) is 2.00. The van der Waals surface area contributed by atoms with Crippen molar-refractivity contribution >= 4 is 27.1 Å². The van der Waals surface area contributed by atoms with Crippen LogP contribution in [0.4, 0.5) is 0 Å². The van der Waals surface area contributed by atoms with Crippen molar-refractivity contribution in [2.75, 3.05) is 0 Å². The van der Waals surface area contributed by atoms with E-state index in [0.29, 0.717) is 18.5 Å². The number of carbonyl (C=O) groups is 1. The van der Waals surface area contributed by atoms with Gasteiger partial charge in [0.1, 0.15) is 0 Å². The minimum absolute atomic E-state index is 0.0869. The van der Waals surface area contributed by atoms with Gasteiger partial charge < -0.3 is 0 Å². The first-order valence-corrected chi connectivity index (χ1v) is 11.4. The molecule has 1 aromatic heterocycles. The van der Waals surface area contributed by atoms with Gasteiger partial charge in [-0.15, -0.1) is 11.3 Å². The maximum absolute atomic E-state index is 13.4. The van der Waals surface area contributed by atoms with E-state index in [2.05, 4.69) is 0 Å². The largest absolute Gasteiger partial charge is 0.295 e. The molecule has 4 nitrogen and oxygen atoms in total. The molecule has 0 saturated carbocycles. The van der Waals surface area contributed by atoms with Crippen LogP contribution in [-0.4, -0.2) is 24.5 Å². The number of hydrogen-bond acceptors (Lipinski definition) is 4. The number of rotatable bonds is 8. The minimum Gasteiger partial charge on any atom is -0.295 e. The zero-order chi connectivity index (χ0) is 20.1. The lowest BCUT2D eigenvalue weighted by molar-refractivity contribution is 0.101. The number of thiophene rings is 1. The van der Waals surface area contributed by atoms with Crippen LogP contribution in [0.3, 0.4) is 0 Å². The fourth-order valence-corrected chi connectivity index (χ4v) is 5.50. The predicted molar refractivity (Wildman–Crippen MR) is 113 cm³/mol. The molecule has 0 N–H and O–H groups in total. The van der Waals surface area contributed by atoms with Crippen LogP contribution in [0.2, 0.25) is 0 Å². The van der Waals surface area contributed by atoms with Crippen molar-refractivity contribution in [3.63, 3.8) is 0 Å². The molecule has 0 aliphatic rings. The molecule has 1 heterocycles. The third-order valence-corrected chi connectivity index (χ3v) is 7.49. The average Bonchev–Trinajstić information content (AvgIpc) is 3.19. The molecule has 3 aromatic rings. The molecule has 146 valence electrons. The normalized spacial score (nSPS) is 12.8. The molecule has 0 spiro atoms. The summed E-state index contributed by atoms with van der Waals surface area (Å²) in [6, 6.07) is 19.5. The summed E-state index contributed by atoms with van der Waals surface area (Å²) in [7, 11) is -3.72. The first-order chi connectivity index (χ1) is 13.4. The number of benzene rings is 2. The van der Waals surface area contributed by atoms with Gasteiger partial charge in [-0.1, -0.05) is 48.5 Å². The van der Waals surface area contributed by atoms with E-state index in [9.17, 15) is 13.2 Å². The number of nitrogens with zero attached hydrogens (tertiary/aromatic N) is 1. The van der Waals surface area contributed by atoms with Gasteiger partial charge in [0.05, 0.1) is 4.90 Å². The third kappa shape index (κ3) is 4.76. The molecule has 28 heavy (non-hydrogen) atoms. The molecule has 1 unspecified atom stereocenters. The summed E-state index contributed by atoms with van der Waals surface area (Å²) >= 11 is 1.63. The number of hydrogen-bond donors (Lipinski definition) is 0. The Labute approximate surface area is 170 Å². The summed E-state index contributed by atoms with van der Waals surface area (Å²) in [6.45, 7) is 3.70. The van der Waals surface area contributed by atoms with Crippen LogP contribution in [0.5, 0.6) is 0 Å². The monoisotopic (exact) mass is 413 g/mol. The van der Waals surface area contributed by atoms with Gasteiger partial charge in [0.25, 0.3) is 0 Å². The molecule has 0 aliphatic carbocycles. The standard InChI is InChI=1S/C22H23NO3S2/c1-17(15-21-9-6-14-27-21)23(16-19-7-4-3-5-8-19)28(25,26)22-12-10-20(11-13-22)18(2)24/h3-14,17H,15-16H2,1-2H3. The lowest BCUT2D eigenvalue weighted by Crippen LogP contribution is -2.39. The van der Waals surface area contributed by atoms with Crippen LogP contribution in [0.1, 0.15) is 34.6 Å². The smallest absolute Gasteiger partial charge is 0.243 e. The molecular formula is C22H23NO3S2. The SMILES string of the molecule is CC(=O)c1ccc(S(=O)(=O)N(Cc2ccccc2)C(C)Cc2cccs2)cc1. The van der Waals surface area contributed by atoms with Crippen LogP contribution >= 0.6 is 11.3 Å². The highest BCUT2D eigenvalue weighted by Crippen LogP contribution is 2.24. The van der Waals surface area contributed by atoms with Gasteiger partial charge in [0.15, 0.2) is 5.78 Å². The van der Waals surface area contributed by atoms with Crippen LogP contribution in [0, 0.1) is 0 Å². The van der Waals surface area contributed by atoms with Crippen molar-refractivity contribution in [3.05, 3.63) is 88.1 Å². The quantitative estimate of drug-likeness (QED) is 0.500. The highest BCUT2D eigenvalue weighted by molar-refractivity contribution is 7.89. The fourth-order valence-electron chi connectivity index (χ4n) is 3.06. The van der Waals surface area contributed by atoms with Crippen molar-refractivity contribution in [1.29, 1.82) is 0 Å². The Balaban J connectivity index is 1.94. The summed E-state index contributed by atoms with van der Waals surface area (Å²) in [5.74, 6) is -0.0869. The fraction of sp³-hybridized carbons (Fsp3) is 0.227. The topological polar surface area (TPSA) is 54.5 Å². The van der Waals surface area contributed by atoms with Crippen molar-refractivity contribution in [2.45, 2.75) is 37.8 Å². The summed E-state index contributed by atoms with van der Waals surface area (Å²) in [4.78, 5) is 12.9. The first kappa shape index (κ1) is 20.5. The summed E-state index contributed by atoms with van der Waals surface area (Å²) < 4.78 is 28.4. The number of sulfonamides is 1. The second-order valence-corrected chi connectivity index (χ2v) is 9.67. The molecule has 0 aliphatic heterocycles. The predicted octanol–water partition coefficient (Wildman–Crippen LogP) is 4.77. The van der Waals surface area contributed by atoms with Gasteiger partial charge >= 0.3 is 0 Å². The van der Waals surface area contributed by atoms with E-state index >= 15 is 0 Å². The Morgan fingerprint density at radius 3 is 2.25 bits per heavy atom. The van der Waals surface area contributed by atoms with E-state index in [1.165, 1.54) is 19.1 Å². The maximum Gasteiger partial charge on any atom is 0.243 e. The zero-order valence-electron chi connectivity index (χ0n) is 15.9. The molecule has 0 fully saturated rings. The Kier molecular flexibility index (Phi) is 6.44. The molecule has 2 aromatic carbocycles. The van der Waals surface area contributed by atoms with Gasteiger partial charge in [-0.3, -0.25) is 4.79 Å². The van der Waals surface area contributed by atoms with E-state index in [1.807, 2.05) is 54.8 Å². The Morgan fingerprint density at radius 2 is 1.68 bits per heavy atom. The second-order valence-electron chi connectivity index (χ2n) is 6.75. The van der Waals surface area contributed by atoms with Crippen molar-refractivity contribution in [3.8, 4) is 0 Å². The Bertz CT molecular complexity index is 1010. The lowest BCUT2D eigenvalue weighted by atomic mass is 10.1. The molecular weight excluding hydrogens is 390 g/mol. The second kappa shape index (κ2) is 8.82. The molecule has 0 bridgehead atoms. The van der Waals surface area contributed by atoms with Crippen LogP contribution < -0.4 is 0 Å². The number of ketones is 1. The van der Waals surface area contributed by atoms with Crippen LogP contribution in [0.15, 0.2) is 77.0 Å². The highest BCUT2D eigenvalue weighted by atomic mass is 32.2. The zero-order valence-corrected chi connectivity index (χ0v) is 17.5. The van der Waals surface area contributed by atoms with Crippen molar-refractivity contribution in [2.24, 2.45) is 0 Å². The van der Waals surface area contributed by atoms with E-state index in [4.69, 9.17) is 0 Å². The Morgan fingerprint density at radius 1 is 1.00 bits per heavy atom. The van der Waals surface area contributed by atoms with Crippen molar-refractivity contribution < 1.29 is 13.2 Å². The van der Waals surface area contributed by atoms with Gasteiger partial charge in [-0.05, 0) is 49.4 Å². The maximum atomic E-state index is 13.4. The summed E-state index contributed by atoms with van der Waals surface area (Å²) in [5.41, 5.74) is 1.43. The minimum atomic E-state index is -3.72. The molecule has 0 amide bonds. The Hall–Kier alpha value is -2.28.